The minimum atomic E-state index is -1.91. The largest absolute Gasteiger partial charge is 0.416 e. The highest BCUT2D eigenvalue weighted by molar-refractivity contribution is 6.74. The first-order valence-electron chi connectivity index (χ1n) is 8.68. The molecule has 23 heavy (non-hydrogen) atoms. The van der Waals surface area contributed by atoms with Crippen molar-refractivity contribution in [2.45, 2.75) is 90.1 Å². The summed E-state index contributed by atoms with van der Waals surface area (Å²) in [6, 6.07) is -0.569. The molecule has 0 aliphatic rings. The van der Waals surface area contributed by atoms with Gasteiger partial charge in [-0.3, -0.25) is 0 Å². The Balaban J connectivity index is 4.49. The minimum Gasteiger partial charge on any atom is -0.416 e. The Labute approximate surface area is 142 Å². The topological polar surface area (TPSA) is 78.2 Å². The number of hydrogen-bond acceptors (Lipinski definition) is 3. The van der Waals surface area contributed by atoms with Crippen LogP contribution in [0, 0.1) is 0 Å². The van der Waals surface area contributed by atoms with Crippen LogP contribution in [0.4, 0.5) is 0 Å². The summed E-state index contributed by atoms with van der Waals surface area (Å²) in [4.78, 5) is 2.86. The van der Waals surface area contributed by atoms with E-state index < -0.39 is 20.5 Å². The maximum absolute atomic E-state index is 10.2. The lowest BCUT2D eigenvalue weighted by Crippen LogP contribution is -2.43. The predicted octanol–water partition coefficient (Wildman–Crippen LogP) is 5.57. The highest BCUT2D eigenvalue weighted by Gasteiger charge is 2.37. The molecule has 1 N–H and O–H groups in total. The second kappa shape index (κ2) is 10.9. The van der Waals surface area contributed by atoms with Crippen LogP contribution in [0.3, 0.4) is 0 Å². The molecule has 0 spiro atoms. The monoisotopic (exact) mass is 341 g/mol. The summed E-state index contributed by atoms with van der Waals surface area (Å²) in [6.45, 7) is 13.2. The van der Waals surface area contributed by atoms with Crippen molar-refractivity contribution in [3.05, 3.63) is 22.6 Å². The van der Waals surface area contributed by atoms with E-state index in [9.17, 15) is 5.11 Å². The van der Waals surface area contributed by atoms with Gasteiger partial charge in [0.15, 0.2) is 8.32 Å². The molecule has 0 bridgehead atoms. The van der Waals surface area contributed by atoms with Crippen LogP contribution in [0.5, 0.6) is 0 Å². The summed E-state index contributed by atoms with van der Waals surface area (Å²) in [5.74, 6) is 0. The lowest BCUT2D eigenvalue weighted by molar-refractivity contribution is 0.146. The third-order valence-corrected chi connectivity index (χ3v) is 9.07. The molecule has 0 saturated heterocycles. The van der Waals surface area contributed by atoms with Gasteiger partial charge in [0.25, 0.3) is 0 Å². The van der Waals surface area contributed by atoms with Crippen LogP contribution in [0.1, 0.15) is 59.8 Å². The van der Waals surface area contributed by atoms with Crippen LogP contribution in [-0.2, 0) is 4.43 Å². The van der Waals surface area contributed by atoms with E-state index in [2.05, 4.69) is 50.8 Å². The zero-order valence-corrected chi connectivity index (χ0v) is 16.7. The molecule has 0 aromatic carbocycles. The number of nitrogens with zero attached hydrogens (tertiary/aromatic N) is 3. The second-order valence-corrected chi connectivity index (χ2v) is 12.4. The first-order chi connectivity index (χ1) is 10.7. The Bertz CT molecular complexity index is 399. The van der Waals surface area contributed by atoms with E-state index in [1.54, 1.807) is 6.08 Å². The van der Waals surface area contributed by atoms with Crippen LogP contribution in [0.15, 0.2) is 17.3 Å². The van der Waals surface area contributed by atoms with Crippen LogP contribution < -0.4 is 0 Å². The van der Waals surface area contributed by atoms with Gasteiger partial charge in [-0.15, -0.1) is 0 Å². The predicted molar refractivity (Wildman–Crippen MR) is 100.0 cm³/mol. The third kappa shape index (κ3) is 9.16. The molecular weight excluding hydrogens is 306 g/mol. The van der Waals surface area contributed by atoms with Gasteiger partial charge < -0.3 is 9.53 Å². The number of rotatable bonds is 11. The average Bonchev–Trinajstić information content (AvgIpc) is 2.45. The maximum Gasteiger partial charge on any atom is 0.191 e. The summed E-state index contributed by atoms with van der Waals surface area (Å²) in [7, 11) is -1.91. The van der Waals surface area contributed by atoms with E-state index in [-0.39, 0.29) is 11.6 Å². The smallest absolute Gasteiger partial charge is 0.191 e. The third-order valence-electron chi connectivity index (χ3n) is 4.57. The summed E-state index contributed by atoms with van der Waals surface area (Å²) in [5.41, 5.74) is 8.72. The van der Waals surface area contributed by atoms with Gasteiger partial charge in [-0.1, -0.05) is 64.2 Å². The Kier molecular flexibility index (Phi) is 10.5. The van der Waals surface area contributed by atoms with Gasteiger partial charge in [-0.2, -0.15) is 0 Å². The van der Waals surface area contributed by atoms with Crippen molar-refractivity contribution < 1.29 is 9.53 Å². The Morgan fingerprint density at radius 2 is 1.91 bits per heavy atom. The summed E-state index contributed by atoms with van der Waals surface area (Å²) >= 11 is 0. The molecule has 0 aliphatic heterocycles. The van der Waals surface area contributed by atoms with E-state index in [4.69, 9.17) is 9.96 Å². The molecule has 0 radical (unpaired) electrons. The fourth-order valence-electron chi connectivity index (χ4n) is 1.83. The van der Waals surface area contributed by atoms with Gasteiger partial charge >= 0.3 is 0 Å². The standard InChI is InChI=1S/C17H35N3O2Si/c1-7-8-9-10-11-12-13-16(21)15(19-20-18)14-22-23(5,6)17(2,3)4/h12-13,15-16,21H,7-11,14H2,1-6H3/t15-,16+/m0/s1. The lowest BCUT2D eigenvalue weighted by atomic mass is 10.1. The van der Waals surface area contributed by atoms with Gasteiger partial charge in [0.1, 0.15) is 0 Å². The van der Waals surface area contributed by atoms with Gasteiger partial charge in [0.2, 0.25) is 0 Å². The van der Waals surface area contributed by atoms with E-state index in [1.165, 1.54) is 19.3 Å². The number of azide groups is 1. The van der Waals surface area contributed by atoms with Gasteiger partial charge in [-0.05, 0) is 36.5 Å². The quantitative estimate of drug-likeness (QED) is 0.133. The Morgan fingerprint density at radius 1 is 1.26 bits per heavy atom. The molecule has 0 rings (SSSR count). The molecule has 0 saturated carbocycles. The molecule has 2 atom stereocenters. The molecule has 6 heteroatoms. The van der Waals surface area contributed by atoms with Crippen molar-refractivity contribution in [1.82, 2.24) is 0 Å². The van der Waals surface area contributed by atoms with Crippen molar-refractivity contribution in [1.29, 1.82) is 0 Å². The van der Waals surface area contributed by atoms with Gasteiger partial charge in [-0.25, -0.2) is 0 Å². The first kappa shape index (κ1) is 22.2. The molecule has 0 aromatic rings. The van der Waals surface area contributed by atoms with Crippen LogP contribution in [0.25, 0.3) is 10.4 Å². The number of aliphatic hydroxyl groups excluding tert-OH is 1. The second-order valence-electron chi connectivity index (χ2n) is 7.61. The molecule has 0 unspecified atom stereocenters. The molecule has 0 aromatic heterocycles. The van der Waals surface area contributed by atoms with Crippen molar-refractivity contribution in [2.24, 2.45) is 5.11 Å². The summed E-state index contributed by atoms with van der Waals surface area (Å²) < 4.78 is 6.07. The molecule has 0 amide bonds. The molecule has 0 aliphatic carbocycles. The number of unbranched alkanes of at least 4 members (excludes halogenated alkanes) is 4. The van der Waals surface area contributed by atoms with E-state index in [0.717, 1.165) is 12.8 Å². The van der Waals surface area contributed by atoms with Gasteiger partial charge in [0, 0.05) is 11.5 Å². The Hall–Kier alpha value is -0.813. The molecule has 0 heterocycles. The van der Waals surface area contributed by atoms with Crippen LogP contribution >= 0.6 is 0 Å². The fraction of sp³-hybridized carbons (Fsp3) is 0.882. The number of aliphatic hydroxyl groups is 1. The maximum atomic E-state index is 10.2. The zero-order chi connectivity index (χ0) is 17.9. The van der Waals surface area contributed by atoms with Crippen molar-refractivity contribution in [2.75, 3.05) is 6.61 Å². The number of allylic oxidation sites excluding steroid dienone is 1. The van der Waals surface area contributed by atoms with Crippen molar-refractivity contribution >= 4 is 8.32 Å². The van der Waals surface area contributed by atoms with Crippen molar-refractivity contribution in [3.8, 4) is 0 Å². The van der Waals surface area contributed by atoms with Crippen LogP contribution in [-0.4, -0.2) is 32.2 Å². The van der Waals surface area contributed by atoms with E-state index in [0.29, 0.717) is 0 Å². The van der Waals surface area contributed by atoms with E-state index in [1.807, 2.05) is 6.08 Å². The molecule has 0 fully saturated rings. The fourth-order valence-corrected chi connectivity index (χ4v) is 2.85. The van der Waals surface area contributed by atoms with Crippen LogP contribution in [0.2, 0.25) is 18.1 Å². The summed E-state index contributed by atoms with van der Waals surface area (Å²) in [5, 5.41) is 14.0. The SMILES string of the molecule is CCCCCCC=C[C@@H](O)[C@H](CO[Si](C)(C)C(C)(C)C)N=[N+]=[N-]. The normalized spacial score (nSPS) is 15.4. The zero-order valence-electron chi connectivity index (χ0n) is 15.7. The highest BCUT2D eigenvalue weighted by Crippen LogP contribution is 2.36. The first-order valence-corrected chi connectivity index (χ1v) is 11.6. The highest BCUT2D eigenvalue weighted by atomic mass is 28.4. The molecule has 5 nitrogen and oxygen atoms in total. The lowest BCUT2D eigenvalue weighted by Gasteiger charge is -2.37. The number of hydrogen-bond donors (Lipinski definition) is 1. The Morgan fingerprint density at radius 3 is 2.43 bits per heavy atom. The molecule has 134 valence electrons. The van der Waals surface area contributed by atoms with Gasteiger partial charge in [0.05, 0.1) is 12.1 Å². The van der Waals surface area contributed by atoms with E-state index >= 15 is 0 Å². The van der Waals surface area contributed by atoms with Crippen molar-refractivity contribution in [3.63, 3.8) is 0 Å². The minimum absolute atomic E-state index is 0.0912. The molecular formula is C17H35N3O2Si. The average molecular weight is 342 g/mol. The summed E-state index contributed by atoms with van der Waals surface area (Å²) in [6.07, 6.45) is 8.68.